The molecule has 1 rings (SSSR count). The van der Waals surface area contributed by atoms with E-state index in [0.29, 0.717) is 17.7 Å². The Morgan fingerprint density at radius 1 is 1.00 bits per heavy atom. The van der Waals surface area contributed by atoms with Crippen molar-refractivity contribution in [2.45, 2.75) is 63.4 Å². The third-order valence-electron chi connectivity index (χ3n) is 4.17. The van der Waals surface area contributed by atoms with E-state index in [1.165, 1.54) is 0 Å². The molecule has 0 aliphatic carbocycles. The summed E-state index contributed by atoms with van der Waals surface area (Å²) in [6.07, 6.45) is 2.48. The molecule has 7 nitrogen and oxygen atoms in total. The number of benzene rings is 1. The summed E-state index contributed by atoms with van der Waals surface area (Å²) < 4.78 is 50.4. The molecule has 0 aliphatic heterocycles. The quantitative estimate of drug-likeness (QED) is 0.250. The molecule has 2 atom stereocenters. The van der Waals surface area contributed by atoms with E-state index in [9.17, 15) is 8.77 Å². The van der Waals surface area contributed by atoms with Crippen molar-refractivity contribution in [1.82, 2.24) is 4.72 Å². The van der Waals surface area contributed by atoms with E-state index < -0.39 is 24.4 Å². The monoisotopic (exact) mass is 435 g/mol. The summed E-state index contributed by atoms with van der Waals surface area (Å²) in [6, 6.07) is 7.38. The second kappa shape index (κ2) is 13.6. The van der Waals surface area contributed by atoms with Crippen LogP contribution >= 0.6 is 7.60 Å². The third-order valence-corrected chi connectivity index (χ3v) is 7.93. The third kappa shape index (κ3) is 8.41. The lowest BCUT2D eigenvalue weighted by Gasteiger charge is -2.27. The van der Waals surface area contributed by atoms with Crippen LogP contribution in [-0.4, -0.2) is 43.7 Å². The summed E-state index contributed by atoms with van der Waals surface area (Å²) in [4.78, 5) is 0.619. The Morgan fingerprint density at radius 2 is 1.54 bits per heavy atom. The highest BCUT2D eigenvalue weighted by Crippen LogP contribution is 2.53. The van der Waals surface area contributed by atoms with Gasteiger partial charge in [-0.25, -0.2) is 8.93 Å². The standard InChI is InChI=1S/C19H34NO6PS/c1-6-25-27(21,26-7-2)18(10-8-9-11-19(23-4)24-5)20-28(22)17-14-12-16(3)13-15-17/h12-15,18-20H,6-11H2,1-5H3/t18-,28+/m1/s1. The number of aryl methyl sites for hydroxylation is 1. The van der Waals surface area contributed by atoms with Gasteiger partial charge in [-0.15, -0.1) is 0 Å². The fourth-order valence-electron chi connectivity index (χ4n) is 2.69. The smallest absolute Gasteiger partial charge is 0.348 e. The summed E-state index contributed by atoms with van der Waals surface area (Å²) in [6.45, 7) is 6.00. The first kappa shape index (κ1) is 25.4. The van der Waals surface area contributed by atoms with Gasteiger partial charge in [-0.1, -0.05) is 24.1 Å². The van der Waals surface area contributed by atoms with E-state index in [2.05, 4.69) is 4.72 Å². The molecular weight excluding hydrogens is 401 g/mol. The van der Waals surface area contributed by atoms with Crippen molar-refractivity contribution >= 4 is 18.6 Å². The minimum atomic E-state index is -3.46. The molecule has 0 radical (unpaired) electrons. The van der Waals surface area contributed by atoms with E-state index in [-0.39, 0.29) is 19.5 Å². The fraction of sp³-hybridized carbons (Fsp3) is 0.684. The van der Waals surface area contributed by atoms with Gasteiger partial charge in [0.25, 0.3) is 0 Å². The van der Waals surface area contributed by atoms with E-state index in [1.807, 2.05) is 19.1 Å². The van der Waals surface area contributed by atoms with Crippen LogP contribution < -0.4 is 4.72 Å². The number of nitrogens with one attached hydrogen (secondary N) is 1. The molecular formula is C19H34NO6PS. The minimum absolute atomic E-state index is 0.252. The molecule has 0 saturated heterocycles. The minimum Gasteiger partial charge on any atom is -0.356 e. The number of hydrogen-bond acceptors (Lipinski definition) is 6. The molecule has 1 aromatic rings. The molecule has 9 heteroatoms. The molecule has 162 valence electrons. The molecule has 28 heavy (non-hydrogen) atoms. The average Bonchev–Trinajstić information content (AvgIpc) is 2.68. The molecule has 0 saturated carbocycles. The SMILES string of the molecule is CCOP(=O)(OCC)[C@H](CCCCC(OC)OC)N[S@@](=O)c1ccc(C)cc1. The van der Waals surface area contributed by atoms with Crippen LogP contribution in [0, 0.1) is 6.92 Å². The topological polar surface area (TPSA) is 83.1 Å². The lowest BCUT2D eigenvalue weighted by Crippen LogP contribution is -2.32. The first-order chi connectivity index (χ1) is 13.4. The Kier molecular flexibility index (Phi) is 12.3. The highest BCUT2D eigenvalue weighted by Gasteiger charge is 2.36. The van der Waals surface area contributed by atoms with Gasteiger partial charge < -0.3 is 18.5 Å². The van der Waals surface area contributed by atoms with Crippen molar-refractivity contribution in [3.63, 3.8) is 0 Å². The molecule has 0 aliphatic rings. The van der Waals surface area contributed by atoms with E-state index >= 15 is 0 Å². The largest absolute Gasteiger partial charge is 0.356 e. The van der Waals surface area contributed by atoms with Gasteiger partial charge in [0, 0.05) is 14.2 Å². The predicted octanol–water partition coefficient (Wildman–Crippen LogP) is 4.38. The van der Waals surface area contributed by atoms with Crippen LogP contribution in [0.5, 0.6) is 0 Å². The highest BCUT2D eigenvalue weighted by atomic mass is 32.2. The maximum Gasteiger partial charge on any atom is 0.348 e. The zero-order valence-electron chi connectivity index (χ0n) is 17.5. The zero-order valence-corrected chi connectivity index (χ0v) is 19.2. The maximum atomic E-state index is 13.3. The van der Waals surface area contributed by atoms with E-state index in [0.717, 1.165) is 18.4 Å². The lowest BCUT2D eigenvalue weighted by atomic mass is 10.2. The van der Waals surface area contributed by atoms with Crippen LogP contribution in [0.2, 0.25) is 0 Å². The molecule has 0 fully saturated rings. The summed E-state index contributed by atoms with van der Waals surface area (Å²) >= 11 is 0. The van der Waals surface area contributed by atoms with Gasteiger partial charge in [0.15, 0.2) is 6.29 Å². The van der Waals surface area contributed by atoms with Crippen LogP contribution in [0.25, 0.3) is 0 Å². The van der Waals surface area contributed by atoms with Crippen molar-refractivity contribution in [2.75, 3.05) is 27.4 Å². The van der Waals surface area contributed by atoms with Gasteiger partial charge in [-0.3, -0.25) is 4.57 Å². The zero-order chi connectivity index (χ0) is 21.0. The van der Waals surface area contributed by atoms with Gasteiger partial charge in [-0.2, -0.15) is 0 Å². The van der Waals surface area contributed by atoms with Crippen molar-refractivity contribution in [3.8, 4) is 0 Å². The Labute approximate surface area is 171 Å². The average molecular weight is 436 g/mol. The molecule has 0 spiro atoms. The van der Waals surface area contributed by atoms with Gasteiger partial charge in [0.05, 0.1) is 18.1 Å². The molecule has 0 amide bonds. The number of methoxy groups -OCH3 is 2. The van der Waals surface area contributed by atoms with Crippen LogP contribution in [0.15, 0.2) is 29.2 Å². The molecule has 1 N–H and O–H groups in total. The lowest BCUT2D eigenvalue weighted by molar-refractivity contribution is -0.107. The van der Waals surface area contributed by atoms with E-state index in [1.54, 1.807) is 40.2 Å². The summed E-state index contributed by atoms with van der Waals surface area (Å²) in [5.41, 5.74) is 1.08. The fourth-order valence-corrected chi connectivity index (χ4v) is 6.03. The summed E-state index contributed by atoms with van der Waals surface area (Å²) in [5, 5.41) is 0. The van der Waals surface area contributed by atoms with Crippen LogP contribution in [0.3, 0.4) is 0 Å². The normalized spacial score (nSPS) is 14.4. The predicted molar refractivity (Wildman–Crippen MR) is 112 cm³/mol. The highest BCUT2D eigenvalue weighted by molar-refractivity contribution is 7.83. The van der Waals surface area contributed by atoms with Crippen molar-refractivity contribution in [2.24, 2.45) is 0 Å². The van der Waals surface area contributed by atoms with Gasteiger partial charge in [0.1, 0.15) is 16.8 Å². The first-order valence-electron chi connectivity index (χ1n) is 9.59. The Hall–Kier alpha value is -0.600. The Balaban J connectivity index is 2.85. The molecule has 0 bridgehead atoms. The van der Waals surface area contributed by atoms with Crippen LogP contribution in [0.4, 0.5) is 0 Å². The summed E-state index contributed by atoms with van der Waals surface area (Å²) in [5.74, 6) is -0.668. The Morgan fingerprint density at radius 3 is 2.04 bits per heavy atom. The van der Waals surface area contributed by atoms with Crippen LogP contribution in [0.1, 0.15) is 45.1 Å². The van der Waals surface area contributed by atoms with Crippen LogP contribution in [-0.2, 0) is 34.1 Å². The van der Waals surface area contributed by atoms with Crippen molar-refractivity contribution in [1.29, 1.82) is 0 Å². The molecule has 0 aromatic heterocycles. The molecule has 0 unspecified atom stereocenters. The number of rotatable bonds is 15. The molecule has 1 aromatic carbocycles. The van der Waals surface area contributed by atoms with Gasteiger partial charge in [0.2, 0.25) is 0 Å². The van der Waals surface area contributed by atoms with Gasteiger partial charge >= 0.3 is 7.60 Å². The number of unbranched alkanes of at least 4 members (excludes halogenated alkanes) is 1. The first-order valence-corrected chi connectivity index (χ1v) is 12.3. The van der Waals surface area contributed by atoms with Gasteiger partial charge in [-0.05, 0) is 52.2 Å². The second-order valence-corrected chi connectivity index (χ2v) is 9.74. The second-order valence-electron chi connectivity index (χ2n) is 6.28. The number of ether oxygens (including phenoxy) is 2. The maximum absolute atomic E-state index is 13.3. The molecule has 0 heterocycles. The van der Waals surface area contributed by atoms with E-state index in [4.69, 9.17) is 18.5 Å². The summed E-state index contributed by atoms with van der Waals surface area (Å²) in [7, 11) is -1.78. The Bertz CT molecular complexity index is 613. The van der Waals surface area contributed by atoms with Crippen molar-refractivity contribution in [3.05, 3.63) is 29.8 Å². The number of hydrogen-bond donors (Lipinski definition) is 1. The van der Waals surface area contributed by atoms with Crippen molar-refractivity contribution < 1.29 is 27.3 Å².